The molecular weight excluding hydrogens is 815 g/mol. The number of nitrogens with zero attached hydrogens (tertiary/aromatic N) is 4. The van der Waals surface area contributed by atoms with Gasteiger partial charge in [0.2, 0.25) is 11.8 Å². The minimum absolute atomic E-state index is 0.110. The van der Waals surface area contributed by atoms with Gasteiger partial charge in [0.25, 0.3) is 0 Å². The molecule has 2 aliphatic heterocycles. The largest absolute Gasteiger partial charge is 0.453 e. The van der Waals surface area contributed by atoms with Crippen LogP contribution in [0.2, 0.25) is 0 Å². The summed E-state index contributed by atoms with van der Waals surface area (Å²) in [6, 6.07) is 18.8. The molecule has 0 radical (unpaired) electrons. The highest BCUT2D eigenvalue weighted by Gasteiger charge is 2.55. The van der Waals surface area contributed by atoms with E-state index in [0.717, 1.165) is 69.5 Å². The molecule has 8 rings (SSSR count). The smallest absolute Gasteiger partial charge is 0.407 e. The zero-order valence-electron chi connectivity index (χ0n) is 37.6. The number of nitrogens with two attached hydrogens (primary N) is 1. The van der Waals surface area contributed by atoms with Crippen molar-refractivity contribution >= 4 is 34.8 Å². The number of nitrogens with one attached hydrogen (secondary N) is 4. The minimum atomic E-state index is -0.810. The van der Waals surface area contributed by atoms with E-state index in [-0.39, 0.29) is 48.3 Å². The Morgan fingerprint density at radius 3 is 1.67 bits per heavy atom. The molecule has 1 aliphatic carbocycles. The van der Waals surface area contributed by atoms with Crippen molar-refractivity contribution in [2.24, 2.45) is 23.0 Å². The molecular formula is C48H59N9O7. The fourth-order valence-electron chi connectivity index (χ4n) is 9.44. The Kier molecular flexibility index (Phi) is 12.3. The number of hydrogen-bond donors (Lipinski definition) is 5. The summed E-state index contributed by atoms with van der Waals surface area (Å²) in [5.41, 5.74) is 11.8. The van der Waals surface area contributed by atoms with Crippen LogP contribution in [0.1, 0.15) is 77.1 Å². The van der Waals surface area contributed by atoms with E-state index in [1.54, 1.807) is 18.2 Å². The highest BCUT2D eigenvalue weighted by molar-refractivity contribution is 5.91. The van der Waals surface area contributed by atoms with Crippen LogP contribution in [-0.4, -0.2) is 112 Å². The summed E-state index contributed by atoms with van der Waals surface area (Å²) < 4.78 is 15.1. The van der Waals surface area contributed by atoms with Gasteiger partial charge in [0.15, 0.2) is 0 Å². The van der Waals surface area contributed by atoms with Crippen molar-refractivity contribution in [1.29, 1.82) is 0 Å². The normalized spacial score (nSPS) is 21.1. The Morgan fingerprint density at radius 1 is 0.688 bits per heavy atom. The van der Waals surface area contributed by atoms with E-state index < -0.39 is 35.9 Å². The number of hydrogen-bond acceptors (Lipinski definition) is 10. The van der Waals surface area contributed by atoms with Gasteiger partial charge in [-0.3, -0.25) is 9.59 Å². The first-order chi connectivity index (χ1) is 30.6. The topological polar surface area (TPSA) is 210 Å². The molecule has 1 spiro atoms. The van der Waals surface area contributed by atoms with E-state index in [0.29, 0.717) is 18.8 Å². The molecule has 3 aromatic carbocycles. The van der Waals surface area contributed by atoms with Gasteiger partial charge in [0.05, 0.1) is 62.2 Å². The lowest BCUT2D eigenvalue weighted by Crippen LogP contribution is -2.53. The summed E-state index contributed by atoms with van der Waals surface area (Å²) in [6.45, 7) is 8.72. The number of ether oxygens (including phenoxy) is 3. The molecule has 3 fully saturated rings. The number of amides is 4. The Balaban J connectivity index is 0.971. The van der Waals surface area contributed by atoms with Crippen LogP contribution in [0.15, 0.2) is 73.1 Å². The number of aromatic amines is 2. The molecule has 2 saturated heterocycles. The molecule has 3 aliphatic rings. The third kappa shape index (κ3) is 8.93. The molecule has 338 valence electrons. The predicted molar refractivity (Wildman–Crippen MR) is 241 cm³/mol. The molecule has 16 heteroatoms. The molecule has 4 amide bonds. The maximum atomic E-state index is 14.0. The lowest BCUT2D eigenvalue weighted by Gasteiger charge is -2.30. The minimum Gasteiger partial charge on any atom is -0.453 e. The van der Waals surface area contributed by atoms with E-state index in [1.807, 2.05) is 50.9 Å². The highest BCUT2D eigenvalue weighted by atomic mass is 16.5. The SMILES string of the molecule is COC[C@]1(N)C[C@@H](c2ncc(-c3ccc(-c4ccc5cc(-c6cnc([C@@H]7CC8(CC8)CN7C(=O)[C@@H](NC(=O)OC)C(C)C)[nH]6)ccc5c4)cc3)[nH]2)N(C(=O)[C@@H](NC(=O)OC)C(C)C)C1. The number of methoxy groups -OCH3 is 3. The quantitative estimate of drug-likeness (QED) is 0.0844. The Hall–Kier alpha value is -6.26. The zero-order chi connectivity index (χ0) is 45.5. The van der Waals surface area contributed by atoms with E-state index in [9.17, 15) is 19.2 Å². The predicted octanol–water partition coefficient (Wildman–Crippen LogP) is 6.72. The summed E-state index contributed by atoms with van der Waals surface area (Å²) in [6.07, 6.45) is 5.73. The van der Waals surface area contributed by atoms with Crippen molar-refractivity contribution in [3.05, 3.63) is 84.7 Å². The number of imidazole rings is 2. The summed E-state index contributed by atoms with van der Waals surface area (Å²) in [4.78, 5) is 72.3. The number of alkyl carbamates (subject to hydrolysis) is 2. The molecule has 5 atom stereocenters. The van der Waals surface area contributed by atoms with Gasteiger partial charge in [-0.2, -0.15) is 0 Å². The summed E-state index contributed by atoms with van der Waals surface area (Å²) >= 11 is 0. The van der Waals surface area contributed by atoms with Crippen molar-refractivity contribution in [3.63, 3.8) is 0 Å². The second-order valence-electron chi connectivity index (χ2n) is 18.6. The molecule has 16 nitrogen and oxygen atoms in total. The second kappa shape index (κ2) is 17.7. The number of carbonyl (C=O) groups is 4. The first-order valence-electron chi connectivity index (χ1n) is 22.0. The van der Waals surface area contributed by atoms with Crippen molar-refractivity contribution in [2.45, 2.75) is 83.1 Å². The van der Waals surface area contributed by atoms with Crippen molar-refractivity contribution < 1.29 is 33.4 Å². The second-order valence-corrected chi connectivity index (χ2v) is 18.6. The first-order valence-corrected chi connectivity index (χ1v) is 22.0. The third-order valence-electron chi connectivity index (χ3n) is 13.2. The van der Waals surface area contributed by atoms with Gasteiger partial charge in [0.1, 0.15) is 23.7 Å². The fraction of sp³-hybridized carbons (Fsp3) is 0.458. The van der Waals surface area contributed by atoms with Crippen LogP contribution in [-0.2, 0) is 23.8 Å². The molecule has 2 aromatic heterocycles. The Labute approximate surface area is 373 Å². The molecule has 0 bridgehead atoms. The number of carbonyl (C=O) groups excluding carboxylic acids is 4. The van der Waals surface area contributed by atoms with E-state index in [1.165, 1.54) is 14.2 Å². The van der Waals surface area contributed by atoms with Gasteiger partial charge in [-0.25, -0.2) is 19.6 Å². The van der Waals surface area contributed by atoms with Crippen LogP contribution in [0.25, 0.3) is 44.4 Å². The molecule has 4 heterocycles. The number of likely N-dealkylation sites (tertiary alicyclic amines) is 2. The Morgan fingerprint density at radius 2 is 1.16 bits per heavy atom. The van der Waals surface area contributed by atoms with Crippen LogP contribution >= 0.6 is 0 Å². The zero-order valence-corrected chi connectivity index (χ0v) is 37.6. The van der Waals surface area contributed by atoms with Crippen LogP contribution in [0.5, 0.6) is 0 Å². The van der Waals surface area contributed by atoms with Gasteiger partial charge in [-0.15, -0.1) is 0 Å². The lowest BCUT2D eigenvalue weighted by atomic mass is 9.98. The molecule has 1 saturated carbocycles. The average molecular weight is 874 g/mol. The number of H-pyrrole nitrogens is 2. The van der Waals surface area contributed by atoms with E-state index in [4.69, 9.17) is 29.9 Å². The third-order valence-corrected chi connectivity index (χ3v) is 13.2. The highest BCUT2D eigenvalue weighted by Crippen LogP contribution is 2.58. The number of fused-ring (bicyclic) bond motifs is 1. The maximum Gasteiger partial charge on any atom is 0.407 e. The van der Waals surface area contributed by atoms with Gasteiger partial charge in [-0.1, -0.05) is 76.2 Å². The van der Waals surface area contributed by atoms with Crippen LogP contribution in [0, 0.1) is 17.3 Å². The monoisotopic (exact) mass is 873 g/mol. The number of rotatable bonds is 13. The number of aromatic nitrogens is 4. The van der Waals surface area contributed by atoms with Crippen LogP contribution < -0.4 is 16.4 Å². The maximum absolute atomic E-state index is 14.0. The van der Waals surface area contributed by atoms with Crippen molar-refractivity contribution in [3.8, 4) is 33.6 Å². The standard InChI is InChI=1S/C48H59N9O7/c1-27(2)39(54-45(60)63-6)43(58)56-24-47(16-17-47)20-37(56)41-51-23-36(53-41)34-15-14-32-18-31(12-13-33(32)19-34)29-8-10-30(11-9-29)35-22-50-42(52-35)38-21-48(49,26-62-5)25-57(38)44(59)40(28(3)4)55-46(61)64-7/h8-15,18-19,22-23,27-28,37-40H,16-17,20-21,24-26,49H2,1-7H3,(H,50,52)(H,51,53)(H,54,60)(H,55,61)/t37-,38-,39-,40-,48-/m0/s1. The Bertz CT molecular complexity index is 2530. The molecule has 5 aromatic rings. The summed E-state index contributed by atoms with van der Waals surface area (Å²) in [5.74, 6) is 0.657. The molecule has 6 N–H and O–H groups in total. The van der Waals surface area contributed by atoms with Crippen molar-refractivity contribution in [1.82, 2.24) is 40.4 Å². The van der Waals surface area contributed by atoms with E-state index >= 15 is 0 Å². The van der Waals surface area contributed by atoms with Crippen LogP contribution in [0.4, 0.5) is 9.59 Å². The summed E-state index contributed by atoms with van der Waals surface area (Å²) in [5, 5.41) is 7.61. The lowest BCUT2D eigenvalue weighted by molar-refractivity contribution is -0.136. The number of benzene rings is 3. The van der Waals surface area contributed by atoms with Gasteiger partial charge < -0.3 is 50.3 Å². The van der Waals surface area contributed by atoms with Crippen molar-refractivity contribution in [2.75, 3.05) is 41.0 Å². The molecule has 64 heavy (non-hydrogen) atoms. The van der Waals surface area contributed by atoms with Crippen LogP contribution in [0.3, 0.4) is 0 Å². The van der Waals surface area contributed by atoms with Gasteiger partial charge in [-0.05, 0) is 82.5 Å². The van der Waals surface area contributed by atoms with E-state index in [2.05, 4.69) is 69.1 Å². The fourth-order valence-corrected chi connectivity index (χ4v) is 9.44. The average Bonchev–Trinajstić information content (AvgIpc) is 3.73. The first kappa shape index (κ1) is 44.4. The summed E-state index contributed by atoms with van der Waals surface area (Å²) in [7, 11) is 4.16. The molecule has 0 unspecified atom stereocenters. The van der Waals surface area contributed by atoms with Gasteiger partial charge in [0, 0.05) is 25.8 Å². The van der Waals surface area contributed by atoms with Gasteiger partial charge >= 0.3 is 12.2 Å².